The second-order valence-electron chi connectivity index (χ2n) is 11.0. The van der Waals surface area contributed by atoms with E-state index in [1.54, 1.807) is 0 Å². The van der Waals surface area contributed by atoms with E-state index in [0.29, 0.717) is 31.3 Å². The number of ether oxygens (including phenoxy) is 2. The van der Waals surface area contributed by atoms with E-state index in [2.05, 4.69) is 70.3 Å². The van der Waals surface area contributed by atoms with Gasteiger partial charge in [-0.2, -0.15) is 0 Å². The normalized spacial score (nSPS) is 11.4. The Kier molecular flexibility index (Phi) is 14.6. The number of aromatic nitrogens is 1. The van der Waals surface area contributed by atoms with Crippen LogP contribution in [0.25, 0.3) is 10.9 Å². The third-order valence-corrected chi connectivity index (χ3v) is 6.73. The molecule has 39 heavy (non-hydrogen) atoms. The van der Waals surface area contributed by atoms with Crippen molar-refractivity contribution in [3.63, 3.8) is 0 Å². The summed E-state index contributed by atoms with van der Waals surface area (Å²) in [5.41, 5.74) is 5.67. The van der Waals surface area contributed by atoms with E-state index in [-0.39, 0.29) is 5.56 Å². The maximum absolute atomic E-state index is 13.8. The van der Waals surface area contributed by atoms with E-state index in [4.69, 9.17) is 9.47 Å². The van der Waals surface area contributed by atoms with Gasteiger partial charge in [-0.1, -0.05) is 68.4 Å². The molecule has 216 valence electrons. The number of nitrogens with one attached hydrogen (secondary N) is 1. The highest BCUT2D eigenvalue weighted by Gasteiger charge is 2.20. The zero-order valence-electron chi connectivity index (χ0n) is 25.6. The van der Waals surface area contributed by atoms with Gasteiger partial charge in [0.2, 0.25) is 5.75 Å². The number of hydrogen-bond donors (Lipinski definition) is 1. The Morgan fingerprint density at radius 3 is 2.31 bits per heavy atom. The predicted octanol–water partition coefficient (Wildman–Crippen LogP) is 9.21. The molecule has 0 atom stereocenters. The summed E-state index contributed by atoms with van der Waals surface area (Å²) >= 11 is 0. The third-order valence-electron chi connectivity index (χ3n) is 6.73. The predicted molar refractivity (Wildman–Crippen MR) is 169 cm³/mol. The van der Waals surface area contributed by atoms with E-state index in [1.807, 2.05) is 24.5 Å². The van der Waals surface area contributed by atoms with Crippen LogP contribution in [-0.2, 0) is 6.54 Å². The zero-order valence-corrected chi connectivity index (χ0v) is 25.6. The maximum atomic E-state index is 13.8. The Balaban J connectivity index is 2.42. The van der Waals surface area contributed by atoms with Crippen molar-refractivity contribution in [2.24, 2.45) is 0 Å². The van der Waals surface area contributed by atoms with Gasteiger partial charge in [-0.3, -0.25) is 4.79 Å². The van der Waals surface area contributed by atoms with Crippen LogP contribution < -0.4 is 20.3 Å². The molecule has 1 N–H and O–H groups in total. The van der Waals surface area contributed by atoms with Crippen molar-refractivity contribution in [1.29, 1.82) is 0 Å². The summed E-state index contributed by atoms with van der Waals surface area (Å²) in [6.45, 7) is 17.2. The summed E-state index contributed by atoms with van der Waals surface area (Å²) < 4.78 is 14.3. The fraction of sp³-hybridized carbons (Fsp3) is 0.559. The van der Waals surface area contributed by atoms with Gasteiger partial charge in [0, 0.05) is 24.2 Å². The Labute approximate surface area is 237 Å². The smallest absolute Gasteiger partial charge is 0.297 e. The van der Waals surface area contributed by atoms with Gasteiger partial charge in [0.05, 0.1) is 12.1 Å². The van der Waals surface area contributed by atoms with Crippen LogP contribution in [0.15, 0.2) is 57.9 Å². The molecule has 1 aromatic carbocycles. The molecule has 2 aromatic rings. The molecule has 0 radical (unpaired) electrons. The van der Waals surface area contributed by atoms with Gasteiger partial charge < -0.3 is 19.4 Å². The monoisotopic (exact) mass is 536 g/mol. The average molecular weight is 537 g/mol. The molecule has 0 fully saturated rings. The summed E-state index contributed by atoms with van der Waals surface area (Å²) in [6.07, 6.45) is 15.0. The molecule has 0 spiro atoms. The minimum absolute atomic E-state index is 0.106. The number of rotatable bonds is 18. The topological polar surface area (TPSA) is 52.5 Å². The number of pyridine rings is 1. The fourth-order valence-corrected chi connectivity index (χ4v) is 4.35. The average Bonchev–Trinajstić information content (AvgIpc) is 2.89. The molecule has 1 heterocycles. The van der Waals surface area contributed by atoms with Crippen molar-refractivity contribution in [1.82, 2.24) is 4.57 Å². The highest BCUT2D eigenvalue weighted by molar-refractivity contribution is 5.90. The number of benzene rings is 1. The van der Waals surface area contributed by atoms with Crippen molar-refractivity contribution >= 4 is 16.6 Å². The van der Waals surface area contributed by atoms with Gasteiger partial charge in [0.1, 0.15) is 6.61 Å². The molecular formula is C34H52N2O3. The first-order valence-corrected chi connectivity index (χ1v) is 14.9. The molecule has 0 aliphatic carbocycles. The standard InChI is InChI=1S/C34H52N2O3/c1-8-10-12-13-23-38-33-32(39-24-20-27(5)6)30-18-17-29(25-31(30)36(34(33)37)22-11-9-2)35-21-19-28(7)16-14-15-26(3)4/h15,17-20,25,35H,8-14,16,21-24H2,1-7H3. The van der Waals surface area contributed by atoms with Gasteiger partial charge in [-0.25, -0.2) is 0 Å². The van der Waals surface area contributed by atoms with Crippen LogP contribution in [0.1, 0.15) is 99.8 Å². The number of fused-ring (bicyclic) bond motifs is 1. The molecule has 0 saturated heterocycles. The zero-order chi connectivity index (χ0) is 28.6. The molecular weight excluding hydrogens is 484 g/mol. The fourth-order valence-electron chi connectivity index (χ4n) is 4.35. The van der Waals surface area contributed by atoms with Crippen LogP contribution in [0, 0.1) is 0 Å². The van der Waals surface area contributed by atoms with Crippen molar-refractivity contribution in [2.75, 3.05) is 25.1 Å². The lowest BCUT2D eigenvalue weighted by Gasteiger charge is -2.19. The molecule has 0 aliphatic rings. The van der Waals surface area contributed by atoms with E-state index in [1.165, 1.54) is 29.6 Å². The van der Waals surface area contributed by atoms with Crippen molar-refractivity contribution in [2.45, 2.75) is 106 Å². The Bertz CT molecular complexity index is 1180. The lowest BCUT2D eigenvalue weighted by molar-refractivity contribution is 0.272. The summed E-state index contributed by atoms with van der Waals surface area (Å²) in [5, 5.41) is 4.44. The quantitative estimate of drug-likeness (QED) is 0.152. The number of allylic oxidation sites excluding steroid dienone is 4. The van der Waals surface area contributed by atoms with E-state index in [9.17, 15) is 4.79 Å². The summed E-state index contributed by atoms with van der Waals surface area (Å²) in [7, 11) is 0. The minimum atomic E-state index is -0.106. The second kappa shape index (κ2) is 17.6. The SMILES string of the molecule is CCCCCCOc1c(OCC=C(C)C)c2ccc(NCC=C(C)CCC=C(C)C)cc2n(CCCC)c1=O. The van der Waals surface area contributed by atoms with Crippen molar-refractivity contribution in [3.05, 3.63) is 63.5 Å². The Morgan fingerprint density at radius 1 is 0.872 bits per heavy atom. The largest absolute Gasteiger partial charge is 0.485 e. The Morgan fingerprint density at radius 2 is 1.62 bits per heavy atom. The van der Waals surface area contributed by atoms with Crippen LogP contribution in [0.3, 0.4) is 0 Å². The summed E-state index contributed by atoms with van der Waals surface area (Å²) in [6, 6.07) is 6.21. The Hall–Kier alpha value is -2.95. The number of nitrogens with zero attached hydrogens (tertiary/aromatic N) is 1. The first-order chi connectivity index (χ1) is 18.8. The molecule has 0 amide bonds. The number of aryl methyl sites for hydroxylation is 1. The van der Waals surface area contributed by atoms with E-state index >= 15 is 0 Å². The van der Waals surface area contributed by atoms with E-state index < -0.39 is 0 Å². The van der Waals surface area contributed by atoms with Gasteiger partial charge >= 0.3 is 0 Å². The minimum Gasteiger partial charge on any atom is -0.485 e. The van der Waals surface area contributed by atoms with Crippen molar-refractivity contribution in [3.8, 4) is 11.5 Å². The lowest BCUT2D eigenvalue weighted by Crippen LogP contribution is -2.24. The van der Waals surface area contributed by atoms with Gasteiger partial charge in [-0.15, -0.1) is 0 Å². The van der Waals surface area contributed by atoms with Crippen LogP contribution >= 0.6 is 0 Å². The molecule has 0 saturated carbocycles. The molecule has 0 aliphatic heterocycles. The molecule has 1 aromatic heterocycles. The van der Waals surface area contributed by atoms with Crippen LogP contribution in [0.2, 0.25) is 0 Å². The highest BCUT2D eigenvalue weighted by atomic mass is 16.5. The second-order valence-corrected chi connectivity index (χ2v) is 11.0. The maximum Gasteiger partial charge on any atom is 0.297 e. The van der Waals surface area contributed by atoms with Gasteiger partial charge in [-0.05, 0) is 84.6 Å². The van der Waals surface area contributed by atoms with Crippen molar-refractivity contribution < 1.29 is 9.47 Å². The molecule has 5 nitrogen and oxygen atoms in total. The first kappa shape index (κ1) is 32.3. The first-order valence-electron chi connectivity index (χ1n) is 14.9. The lowest BCUT2D eigenvalue weighted by atomic mass is 10.1. The number of unbranched alkanes of at least 4 members (excludes halogenated alkanes) is 4. The van der Waals surface area contributed by atoms with Gasteiger partial charge in [0.15, 0.2) is 5.75 Å². The molecule has 5 heteroatoms. The van der Waals surface area contributed by atoms with E-state index in [0.717, 1.165) is 61.7 Å². The number of anilines is 1. The highest BCUT2D eigenvalue weighted by Crippen LogP contribution is 2.35. The van der Waals surface area contributed by atoms with Crippen LogP contribution in [-0.4, -0.2) is 24.3 Å². The van der Waals surface area contributed by atoms with Gasteiger partial charge in [0.25, 0.3) is 5.56 Å². The molecule has 0 bridgehead atoms. The summed E-state index contributed by atoms with van der Waals surface area (Å²) in [5.74, 6) is 0.894. The third kappa shape index (κ3) is 11.0. The molecule has 2 rings (SSSR count). The van der Waals surface area contributed by atoms with Crippen LogP contribution in [0.5, 0.6) is 11.5 Å². The van der Waals surface area contributed by atoms with Crippen LogP contribution in [0.4, 0.5) is 5.69 Å². The molecule has 0 unspecified atom stereocenters. The number of hydrogen-bond acceptors (Lipinski definition) is 4. The summed E-state index contributed by atoms with van der Waals surface area (Å²) in [4.78, 5) is 13.8.